The van der Waals surface area contributed by atoms with Crippen LogP contribution in [0.5, 0.6) is 0 Å². The molecule has 142 valence electrons. The van der Waals surface area contributed by atoms with Gasteiger partial charge in [-0.2, -0.15) is 0 Å². The van der Waals surface area contributed by atoms with Crippen LogP contribution >= 0.6 is 0 Å². The molecular weight excluding hydrogens is 354 g/mol. The van der Waals surface area contributed by atoms with Gasteiger partial charge in [0.25, 0.3) is 5.91 Å². The number of furan rings is 1. The zero-order chi connectivity index (χ0) is 19.3. The molecule has 0 saturated carbocycles. The third kappa shape index (κ3) is 2.60. The molecule has 1 fully saturated rings. The first kappa shape index (κ1) is 17.0. The maximum Gasteiger partial charge on any atom is 0.326 e. The summed E-state index contributed by atoms with van der Waals surface area (Å²) in [5.74, 6) is 0.175. The van der Waals surface area contributed by atoms with Crippen LogP contribution in [0.3, 0.4) is 0 Å². The summed E-state index contributed by atoms with van der Waals surface area (Å²) in [5.41, 5.74) is 2.10. The van der Waals surface area contributed by atoms with Gasteiger partial charge in [-0.25, -0.2) is 9.69 Å². The van der Waals surface area contributed by atoms with Gasteiger partial charge in [0.1, 0.15) is 11.3 Å². The molecule has 1 aromatic heterocycles. The first-order valence-electron chi connectivity index (χ1n) is 9.47. The molecule has 2 aromatic carbocycles. The average Bonchev–Trinajstić information content (AvgIpc) is 3.24. The van der Waals surface area contributed by atoms with E-state index < -0.39 is 5.54 Å². The summed E-state index contributed by atoms with van der Waals surface area (Å²) in [4.78, 5) is 29.2. The average molecular weight is 375 g/mol. The Kier molecular flexibility index (Phi) is 3.77. The number of benzene rings is 2. The summed E-state index contributed by atoms with van der Waals surface area (Å²) in [6.07, 6.45) is 0.917. The molecule has 3 heterocycles. The highest BCUT2D eigenvalue weighted by molar-refractivity contribution is 6.07. The molecule has 2 aliphatic heterocycles. The van der Waals surface area contributed by atoms with Crippen LogP contribution in [0.25, 0.3) is 11.0 Å². The fourth-order valence-corrected chi connectivity index (χ4v) is 4.10. The third-order valence-electron chi connectivity index (χ3n) is 5.74. The molecule has 1 atom stereocenters. The van der Waals surface area contributed by atoms with Crippen LogP contribution in [0.15, 0.2) is 59.0 Å². The lowest BCUT2D eigenvalue weighted by Crippen LogP contribution is -2.45. The third-order valence-corrected chi connectivity index (χ3v) is 5.74. The molecule has 3 aromatic rings. The van der Waals surface area contributed by atoms with Crippen molar-refractivity contribution in [3.8, 4) is 0 Å². The second-order valence-corrected chi connectivity index (χ2v) is 7.65. The van der Waals surface area contributed by atoms with Gasteiger partial charge in [0, 0.05) is 18.5 Å². The predicted octanol–water partition coefficient (Wildman–Crippen LogP) is 3.22. The molecule has 0 aliphatic carbocycles. The van der Waals surface area contributed by atoms with E-state index in [1.807, 2.05) is 42.5 Å². The van der Waals surface area contributed by atoms with E-state index in [0.29, 0.717) is 11.3 Å². The van der Waals surface area contributed by atoms with Gasteiger partial charge in [0.2, 0.25) is 0 Å². The summed E-state index contributed by atoms with van der Waals surface area (Å²) >= 11 is 0. The van der Waals surface area contributed by atoms with Gasteiger partial charge >= 0.3 is 6.03 Å². The Morgan fingerprint density at radius 3 is 2.64 bits per heavy atom. The normalized spacial score (nSPS) is 22.5. The maximum atomic E-state index is 13.2. The van der Waals surface area contributed by atoms with Crippen LogP contribution in [0.2, 0.25) is 0 Å². The fraction of sp³-hybridized carbons (Fsp3) is 0.273. The minimum atomic E-state index is -1.19. The molecule has 0 spiro atoms. The molecule has 6 nitrogen and oxygen atoms in total. The van der Waals surface area contributed by atoms with Crippen LogP contribution < -0.4 is 5.32 Å². The highest BCUT2D eigenvalue weighted by atomic mass is 16.3. The molecule has 2 aliphatic rings. The highest BCUT2D eigenvalue weighted by Crippen LogP contribution is 2.33. The lowest BCUT2D eigenvalue weighted by molar-refractivity contribution is -0.133. The molecule has 3 amide bonds. The first-order valence-corrected chi connectivity index (χ1v) is 9.47. The highest BCUT2D eigenvalue weighted by Gasteiger charge is 2.51. The largest absolute Gasteiger partial charge is 0.458 e. The van der Waals surface area contributed by atoms with E-state index in [4.69, 9.17) is 4.42 Å². The van der Waals surface area contributed by atoms with E-state index in [1.165, 1.54) is 16.0 Å². The van der Waals surface area contributed by atoms with Gasteiger partial charge in [-0.3, -0.25) is 9.69 Å². The second kappa shape index (κ2) is 6.21. The van der Waals surface area contributed by atoms with Crippen molar-refractivity contribution in [3.63, 3.8) is 0 Å². The summed E-state index contributed by atoms with van der Waals surface area (Å²) in [5, 5.41) is 3.74. The Labute approximate surface area is 162 Å². The maximum absolute atomic E-state index is 13.2. The molecule has 0 bridgehead atoms. The number of urea groups is 1. The number of hydrogen-bond donors (Lipinski definition) is 1. The van der Waals surface area contributed by atoms with Crippen LogP contribution in [0, 0.1) is 0 Å². The van der Waals surface area contributed by atoms with Gasteiger partial charge < -0.3 is 9.73 Å². The molecule has 0 unspecified atom stereocenters. The first-order chi connectivity index (χ1) is 13.5. The van der Waals surface area contributed by atoms with Crippen LogP contribution in [0.1, 0.15) is 23.8 Å². The van der Waals surface area contributed by atoms with E-state index in [0.717, 1.165) is 24.9 Å². The number of carbonyl (C=O) groups excluding carboxylic acids is 2. The Hall–Kier alpha value is -3.12. The summed E-state index contributed by atoms with van der Waals surface area (Å²) in [6, 6.07) is 17.3. The smallest absolute Gasteiger partial charge is 0.326 e. The zero-order valence-corrected chi connectivity index (χ0v) is 15.6. The van der Waals surface area contributed by atoms with Crippen LogP contribution in [-0.4, -0.2) is 35.0 Å². The standard InChI is InChI=1S/C22H21N3O3/c1-22(19-12-16-7-4-5-9-18(16)28-19)20(26)25(21(27)23-22)14-24-11-10-15-6-2-3-8-17(15)13-24/h2-9,12H,10-11,13-14H2,1H3,(H,23,27)/t22-/m0/s1. The van der Waals surface area contributed by atoms with Gasteiger partial charge in [0.05, 0.1) is 6.67 Å². The molecule has 1 N–H and O–H groups in total. The van der Waals surface area contributed by atoms with Gasteiger partial charge in [-0.05, 0) is 36.6 Å². The van der Waals surface area contributed by atoms with Gasteiger partial charge in [0.15, 0.2) is 5.54 Å². The topological polar surface area (TPSA) is 65.8 Å². The number of nitrogens with zero attached hydrogens (tertiary/aromatic N) is 2. The summed E-state index contributed by atoms with van der Waals surface area (Å²) in [7, 11) is 0. The molecule has 5 rings (SSSR count). The molecular formula is C22H21N3O3. The monoisotopic (exact) mass is 375 g/mol. The second-order valence-electron chi connectivity index (χ2n) is 7.65. The number of para-hydroxylation sites is 1. The van der Waals surface area contributed by atoms with Gasteiger partial charge in [-0.1, -0.05) is 42.5 Å². The van der Waals surface area contributed by atoms with Crippen molar-refractivity contribution in [1.82, 2.24) is 15.1 Å². The van der Waals surface area contributed by atoms with E-state index in [2.05, 4.69) is 22.3 Å². The number of rotatable bonds is 3. The Morgan fingerprint density at radius 1 is 1.07 bits per heavy atom. The number of amides is 3. The van der Waals surface area contributed by atoms with E-state index in [-0.39, 0.29) is 18.6 Å². The van der Waals surface area contributed by atoms with Crippen molar-refractivity contribution in [2.24, 2.45) is 0 Å². The van der Waals surface area contributed by atoms with Crippen LogP contribution in [-0.2, 0) is 23.3 Å². The van der Waals surface area contributed by atoms with Crippen molar-refractivity contribution in [2.45, 2.75) is 25.4 Å². The van der Waals surface area contributed by atoms with Crippen molar-refractivity contribution >= 4 is 22.9 Å². The van der Waals surface area contributed by atoms with E-state index in [9.17, 15) is 9.59 Å². The van der Waals surface area contributed by atoms with Crippen molar-refractivity contribution in [2.75, 3.05) is 13.2 Å². The number of imide groups is 1. The Bertz CT molecular complexity index is 1060. The zero-order valence-electron chi connectivity index (χ0n) is 15.6. The Balaban J connectivity index is 1.38. The quantitative estimate of drug-likeness (QED) is 0.714. The molecule has 0 radical (unpaired) electrons. The fourth-order valence-electron chi connectivity index (χ4n) is 4.10. The molecule has 1 saturated heterocycles. The van der Waals surface area contributed by atoms with Crippen LogP contribution in [0.4, 0.5) is 4.79 Å². The lowest BCUT2D eigenvalue weighted by atomic mass is 9.98. The lowest BCUT2D eigenvalue weighted by Gasteiger charge is -2.31. The molecule has 6 heteroatoms. The predicted molar refractivity (Wildman–Crippen MR) is 104 cm³/mol. The summed E-state index contributed by atoms with van der Waals surface area (Å²) in [6.45, 7) is 3.52. The van der Waals surface area contributed by atoms with Gasteiger partial charge in [-0.15, -0.1) is 0 Å². The van der Waals surface area contributed by atoms with E-state index >= 15 is 0 Å². The number of hydrogen-bond acceptors (Lipinski definition) is 4. The minimum absolute atomic E-state index is 0.273. The van der Waals surface area contributed by atoms with Crippen molar-refractivity contribution < 1.29 is 14.0 Å². The van der Waals surface area contributed by atoms with E-state index in [1.54, 1.807) is 6.92 Å². The number of nitrogens with one attached hydrogen (secondary N) is 1. The SMILES string of the molecule is C[C@@]1(c2cc3ccccc3o2)NC(=O)N(CN2CCc3ccccc3C2)C1=O. The van der Waals surface area contributed by atoms with Crippen molar-refractivity contribution in [3.05, 3.63) is 71.5 Å². The number of fused-ring (bicyclic) bond motifs is 2. The Morgan fingerprint density at radius 2 is 1.82 bits per heavy atom. The molecule has 28 heavy (non-hydrogen) atoms. The number of carbonyl (C=O) groups is 2. The van der Waals surface area contributed by atoms with Crippen molar-refractivity contribution in [1.29, 1.82) is 0 Å². The summed E-state index contributed by atoms with van der Waals surface area (Å²) < 4.78 is 5.88. The minimum Gasteiger partial charge on any atom is -0.458 e.